The van der Waals surface area contributed by atoms with Gasteiger partial charge in [-0.3, -0.25) is 0 Å². The summed E-state index contributed by atoms with van der Waals surface area (Å²) in [5.74, 6) is -1.14. The Labute approximate surface area is 87.8 Å². The van der Waals surface area contributed by atoms with Crippen molar-refractivity contribution in [3.8, 4) is 0 Å². The van der Waals surface area contributed by atoms with Crippen LogP contribution in [-0.4, -0.2) is 25.7 Å². The highest BCUT2D eigenvalue weighted by molar-refractivity contribution is 6.02. The Kier molecular flexibility index (Phi) is 3.85. The van der Waals surface area contributed by atoms with Gasteiger partial charge in [0.1, 0.15) is 0 Å². The van der Waals surface area contributed by atoms with Crippen molar-refractivity contribution in [1.82, 2.24) is 0 Å². The fourth-order valence-corrected chi connectivity index (χ4v) is 1.09. The monoisotopic (exact) mass is 207 g/mol. The van der Waals surface area contributed by atoms with Crippen LogP contribution < -0.4 is 0 Å². The molecule has 0 heterocycles. The Morgan fingerprint density at radius 1 is 1.40 bits per heavy atom. The van der Waals surface area contributed by atoms with Gasteiger partial charge in [-0.05, 0) is 19.1 Å². The minimum Gasteiger partial charge on any atom is -0.465 e. The van der Waals surface area contributed by atoms with Gasteiger partial charge in [-0.2, -0.15) is 0 Å². The van der Waals surface area contributed by atoms with E-state index in [2.05, 4.69) is 10.8 Å². The lowest BCUT2D eigenvalue weighted by atomic mass is 10.1. The fourth-order valence-electron chi connectivity index (χ4n) is 1.09. The predicted molar refractivity (Wildman–Crippen MR) is 52.6 cm³/mol. The van der Waals surface area contributed by atoms with Gasteiger partial charge in [-0.15, -0.1) is 0 Å². The molecule has 0 unspecified atom stereocenters. The molecule has 4 heteroatoms. The smallest absolute Gasteiger partial charge is 0.339 e. The molecule has 0 saturated carbocycles. The zero-order valence-electron chi connectivity index (χ0n) is 8.57. The predicted octanol–water partition coefficient (Wildman–Crippen LogP) is 1.45. The van der Waals surface area contributed by atoms with Crippen molar-refractivity contribution >= 4 is 11.9 Å². The van der Waals surface area contributed by atoms with Gasteiger partial charge >= 0.3 is 11.9 Å². The molecule has 0 fully saturated rings. The van der Waals surface area contributed by atoms with Gasteiger partial charge in [-0.25, -0.2) is 9.59 Å². The summed E-state index contributed by atoms with van der Waals surface area (Å²) in [5, 5.41) is 0. The zero-order chi connectivity index (χ0) is 11.3. The van der Waals surface area contributed by atoms with Crippen LogP contribution in [0.5, 0.6) is 0 Å². The number of esters is 2. The van der Waals surface area contributed by atoms with Crippen molar-refractivity contribution in [3.63, 3.8) is 0 Å². The zero-order valence-corrected chi connectivity index (χ0v) is 8.57. The van der Waals surface area contributed by atoms with E-state index in [0.29, 0.717) is 0 Å². The summed E-state index contributed by atoms with van der Waals surface area (Å²) in [6.45, 7) is 1.96. The lowest BCUT2D eigenvalue weighted by molar-refractivity contribution is 0.0504. The van der Waals surface area contributed by atoms with Crippen molar-refractivity contribution in [2.24, 2.45) is 0 Å². The Morgan fingerprint density at radius 2 is 2.13 bits per heavy atom. The first-order valence-corrected chi connectivity index (χ1v) is 4.46. The minimum absolute atomic E-state index is 0.0958. The number of ether oxygens (including phenoxy) is 2. The van der Waals surface area contributed by atoms with Crippen LogP contribution in [0, 0.1) is 6.07 Å². The van der Waals surface area contributed by atoms with E-state index in [9.17, 15) is 9.59 Å². The Morgan fingerprint density at radius 3 is 2.73 bits per heavy atom. The van der Waals surface area contributed by atoms with Gasteiger partial charge < -0.3 is 9.47 Å². The fraction of sp³-hybridized carbons (Fsp3) is 0.273. The van der Waals surface area contributed by atoms with Gasteiger partial charge in [0.05, 0.1) is 24.8 Å². The third-order valence-corrected chi connectivity index (χ3v) is 1.74. The highest BCUT2D eigenvalue weighted by atomic mass is 16.5. The van der Waals surface area contributed by atoms with Gasteiger partial charge in [0.2, 0.25) is 0 Å². The number of carbonyl (C=O) groups is 2. The van der Waals surface area contributed by atoms with Crippen LogP contribution >= 0.6 is 0 Å². The van der Waals surface area contributed by atoms with Crippen LogP contribution in [0.1, 0.15) is 27.6 Å². The van der Waals surface area contributed by atoms with Crippen molar-refractivity contribution in [2.75, 3.05) is 13.7 Å². The van der Waals surface area contributed by atoms with E-state index < -0.39 is 11.9 Å². The normalized spacial score (nSPS) is 9.47. The summed E-state index contributed by atoms with van der Waals surface area (Å²) in [6, 6.07) is 7.30. The number of rotatable bonds is 3. The Hall–Kier alpha value is -1.84. The number of hydrogen-bond acceptors (Lipinski definition) is 4. The number of carbonyl (C=O) groups excluding carboxylic acids is 2. The summed E-state index contributed by atoms with van der Waals surface area (Å²) in [7, 11) is 1.25. The quantitative estimate of drug-likeness (QED) is 0.704. The van der Waals surface area contributed by atoms with E-state index in [0.717, 1.165) is 0 Å². The van der Waals surface area contributed by atoms with Gasteiger partial charge in [0, 0.05) is 0 Å². The summed E-state index contributed by atoms with van der Waals surface area (Å²) in [4.78, 5) is 22.7. The van der Waals surface area contributed by atoms with E-state index in [4.69, 9.17) is 4.74 Å². The summed E-state index contributed by atoms with van der Waals surface area (Å²) in [5.41, 5.74) is 0.268. The molecule has 0 bridgehead atoms. The van der Waals surface area contributed by atoms with E-state index in [1.807, 2.05) is 0 Å². The third-order valence-electron chi connectivity index (χ3n) is 1.74. The first kappa shape index (κ1) is 11.2. The van der Waals surface area contributed by atoms with Crippen LogP contribution in [0.25, 0.3) is 0 Å². The maximum absolute atomic E-state index is 11.4. The van der Waals surface area contributed by atoms with Gasteiger partial charge in [0.25, 0.3) is 0 Å². The summed E-state index contributed by atoms with van der Waals surface area (Å²) < 4.78 is 9.32. The molecule has 0 N–H and O–H groups in total. The highest BCUT2D eigenvalue weighted by Crippen LogP contribution is 2.10. The first-order valence-electron chi connectivity index (χ1n) is 4.46. The second-order valence-electron chi connectivity index (χ2n) is 2.67. The van der Waals surface area contributed by atoms with Crippen molar-refractivity contribution in [1.29, 1.82) is 0 Å². The van der Waals surface area contributed by atoms with Gasteiger partial charge in [-0.1, -0.05) is 12.1 Å². The SMILES string of the molecule is CCOC(=O)c1ccc[c]c1C(=O)OC. The molecule has 1 rings (SSSR count). The molecule has 79 valence electrons. The van der Waals surface area contributed by atoms with Crippen LogP contribution in [0.2, 0.25) is 0 Å². The van der Waals surface area contributed by atoms with Gasteiger partial charge in [0.15, 0.2) is 0 Å². The van der Waals surface area contributed by atoms with Crippen LogP contribution in [0.3, 0.4) is 0 Å². The van der Waals surface area contributed by atoms with E-state index in [1.54, 1.807) is 13.0 Å². The van der Waals surface area contributed by atoms with Crippen LogP contribution in [0.15, 0.2) is 18.2 Å². The average molecular weight is 207 g/mol. The lowest BCUT2D eigenvalue weighted by Gasteiger charge is -2.05. The average Bonchev–Trinajstić information content (AvgIpc) is 2.28. The summed E-state index contributed by atoms with van der Waals surface area (Å²) >= 11 is 0. The molecule has 0 atom stereocenters. The first-order chi connectivity index (χ1) is 7.20. The molecule has 0 aromatic heterocycles. The maximum Gasteiger partial charge on any atom is 0.339 e. The molecule has 4 nitrogen and oxygen atoms in total. The maximum atomic E-state index is 11.4. The Balaban J connectivity index is 3.06. The standard InChI is InChI=1S/C11H11O4/c1-3-15-11(13)9-7-5-4-6-8(9)10(12)14-2/h4-5,7H,3H2,1-2H3. The molecule has 0 aliphatic carbocycles. The molecule has 0 spiro atoms. The molecule has 0 amide bonds. The number of methoxy groups -OCH3 is 1. The molecular weight excluding hydrogens is 196 g/mol. The van der Waals surface area contributed by atoms with Crippen LogP contribution in [-0.2, 0) is 9.47 Å². The van der Waals surface area contributed by atoms with E-state index in [1.165, 1.54) is 19.2 Å². The van der Waals surface area contributed by atoms with Crippen molar-refractivity contribution in [3.05, 3.63) is 35.4 Å². The van der Waals surface area contributed by atoms with Crippen molar-refractivity contribution in [2.45, 2.75) is 6.92 Å². The van der Waals surface area contributed by atoms with E-state index >= 15 is 0 Å². The third kappa shape index (κ3) is 2.56. The molecule has 1 aromatic rings. The second kappa shape index (κ2) is 5.14. The molecule has 0 aliphatic rings. The van der Waals surface area contributed by atoms with Crippen LogP contribution in [0.4, 0.5) is 0 Å². The molecule has 0 aliphatic heterocycles. The molecule has 1 radical (unpaired) electrons. The van der Waals surface area contributed by atoms with Crippen molar-refractivity contribution < 1.29 is 19.1 Å². The molecular formula is C11H11O4. The number of hydrogen-bond donors (Lipinski definition) is 0. The molecule has 1 aromatic carbocycles. The largest absolute Gasteiger partial charge is 0.465 e. The second-order valence-corrected chi connectivity index (χ2v) is 2.67. The van der Waals surface area contributed by atoms with E-state index in [-0.39, 0.29) is 17.7 Å². The molecule has 0 saturated heterocycles. The molecule has 15 heavy (non-hydrogen) atoms. The lowest BCUT2D eigenvalue weighted by Crippen LogP contribution is -2.12. The Bertz CT molecular complexity index is 371. The summed E-state index contributed by atoms with van der Waals surface area (Å²) in [6.07, 6.45) is 0. The number of benzene rings is 1. The minimum atomic E-state index is -0.598. The highest BCUT2D eigenvalue weighted by Gasteiger charge is 2.17. The topological polar surface area (TPSA) is 52.6 Å².